The molecular formula is C15H21ClN4O2. The highest BCUT2D eigenvalue weighted by Gasteiger charge is 2.22. The molecular weight excluding hydrogens is 304 g/mol. The maximum Gasteiger partial charge on any atom is 0.321 e. The van der Waals surface area contributed by atoms with Crippen LogP contribution >= 0.6 is 12.4 Å². The van der Waals surface area contributed by atoms with Gasteiger partial charge < -0.3 is 16.0 Å². The Labute approximate surface area is 136 Å². The summed E-state index contributed by atoms with van der Waals surface area (Å²) in [7, 11) is 0. The number of anilines is 2. The number of hydrogen-bond acceptors (Lipinski definition) is 3. The van der Waals surface area contributed by atoms with Gasteiger partial charge in [0.25, 0.3) is 0 Å². The van der Waals surface area contributed by atoms with Crippen molar-refractivity contribution in [3.8, 4) is 0 Å². The van der Waals surface area contributed by atoms with E-state index in [1.807, 2.05) is 24.3 Å². The molecule has 120 valence electrons. The van der Waals surface area contributed by atoms with Crippen molar-refractivity contribution >= 4 is 35.7 Å². The topological polar surface area (TPSA) is 73.5 Å². The number of carbonyl (C=O) groups excluding carboxylic acids is 2. The van der Waals surface area contributed by atoms with E-state index in [4.69, 9.17) is 0 Å². The van der Waals surface area contributed by atoms with Crippen LogP contribution in [0, 0.1) is 5.92 Å². The third-order valence-electron chi connectivity index (χ3n) is 3.71. The molecule has 1 saturated carbocycles. The summed E-state index contributed by atoms with van der Waals surface area (Å²) >= 11 is 0. The van der Waals surface area contributed by atoms with Crippen molar-refractivity contribution in [3.63, 3.8) is 0 Å². The van der Waals surface area contributed by atoms with Crippen LogP contribution in [0.3, 0.4) is 0 Å². The zero-order valence-electron chi connectivity index (χ0n) is 12.3. The number of nitrogens with zero attached hydrogens (tertiary/aromatic N) is 1. The van der Waals surface area contributed by atoms with Crippen LogP contribution < -0.4 is 20.9 Å². The zero-order valence-corrected chi connectivity index (χ0v) is 13.1. The van der Waals surface area contributed by atoms with Gasteiger partial charge in [-0.15, -0.1) is 12.4 Å². The standard InChI is InChI=1S/C15H20N4O2.ClH/c20-14(10-16-9-11-4-5-11)18-12-2-1-3-13(8-12)19-7-6-17-15(19)21;/h1-3,8,11,16H,4-7,9-10H2,(H,17,21)(H,18,20);1H. The number of carbonyl (C=O) groups is 2. The molecule has 0 atom stereocenters. The number of rotatable bonds is 6. The first-order valence-corrected chi connectivity index (χ1v) is 7.38. The lowest BCUT2D eigenvalue weighted by atomic mass is 10.2. The highest BCUT2D eigenvalue weighted by atomic mass is 35.5. The quantitative estimate of drug-likeness (QED) is 0.744. The second-order valence-electron chi connectivity index (χ2n) is 5.56. The van der Waals surface area contributed by atoms with Crippen LogP contribution in [-0.2, 0) is 4.79 Å². The van der Waals surface area contributed by atoms with Crippen molar-refractivity contribution in [3.05, 3.63) is 24.3 Å². The van der Waals surface area contributed by atoms with Gasteiger partial charge in [0, 0.05) is 24.5 Å². The third-order valence-corrected chi connectivity index (χ3v) is 3.71. The predicted octanol–water partition coefficient (Wildman–Crippen LogP) is 1.58. The Hall–Kier alpha value is -1.79. The molecule has 0 aromatic heterocycles. The molecule has 7 heteroatoms. The van der Waals surface area contributed by atoms with E-state index >= 15 is 0 Å². The maximum atomic E-state index is 11.8. The lowest BCUT2D eigenvalue weighted by Gasteiger charge is -2.15. The molecule has 1 heterocycles. The molecule has 2 aliphatic rings. The van der Waals surface area contributed by atoms with Gasteiger partial charge in [-0.25, -0.2) is 4.79 Å². The number of urea groups is 1. The molecule has 3 amide bonds. The Balaban J connectivity index is 0.00000176. The van der Waals surface area contributed by atoms with E-state index in [9.17, 15) is 9.59 Å². The number of nitrogens with one attached hydrogen (secondary N) is 3. The largest absolute Gasteiger partial charge is 0.336 e. The van der Waals surface area contributed by atoms with Crippen molar-refractivity contribution in [2.24, 2.45) is 5.92 Å². The van der Waals surface area contributed by atoms with E-state index < -0.39 is 0 Å². The second-order valence-corrected chi connectivity index (χ2v) is 5.56. The minimum absolute atomic E-state index is 0. The number of hydrogen-bond donors (Lipinski definition) is 3. The van der Waals surface area contributed by atoms with Crippen LogP contribution in [0.5, 0.6) is 0 Å². The summed E-state index contributed by atoms with van der Waals surface area (Å²) in [5.74, 6) is 0.702. The molecule has 1 aliphatic carbocycles. The Morgan fingerprint density at radius 1 is 1.36 bits per heavy atom. The van der Waals surface area contributed by atoms with Crippen molar-refractivity contribution in [1.29, 1.82) is 0 Å². The number of amides is 3. The number of halogens is 1. The fourth-order valence-corrected chi connectivity index (χ4v) is 2.39. The average Bonchev–Trinajstić information content (AvgIpc) is 3.19. The van der Waals surface area contributed by atoms with Gasteiger partial charge in [0.05, 0.1) is 6.54 Å². The minimum atomic E-state index is -0.0930. The van der Waals surface area contributed by atoms with Gasteiger partial charge in [-0.05, 0) is 43.5 Å². The van der Waals surface area contributed by atoms with Gasteiger partial charge >= 0.3 is 6.03 Å². The molecule has 2 fully saturated rings. The molecule has 1 aliphatic heterocycles. The Morgan fingerprint density at radius 2 is 2.18 bits per heavy atom. The second kappa shape index (κ2) is 7.47. The van der Waals surface area contributed by atoms with Crippen LogP contribution in [0.2, 0.25) is 0 Å². The molecule has 3 rings (SSSR count). The molecule has 6 nitrogen and oxygen atoms in total. The van der Waals surface area contributed by atoms with Crippen LogP contribution in [0.15, 0.2) is 24.3 Å². The number of benzene rings is 1. The van der Waals surface area contributed by atoms with Gasteiger partial charge in [-0.3, -0.25) is 9.69 Å². The first-order chi connectivity index (χ1) is 10.2. The Kier molecular flexibility index (Phi) is 5.63. The monoisotopic (exact) mass is 324 g/mol. The van der Waals surface area contributed by atoms with E-state index in [0.717, 1.165) is 18.2 Å². The summed E-state index contributed by atoms with van der Waals surface area (Å²) in [6, 6.07) is 7.27. The van der Waals surface area contributed by atoms with Gasteiger partial charge in [0.2, 0.25) is 5.91 Å². The molecule has 0 spiro atoms. The molecule has 22 heavy (non-hydrogen) atoms. The van der Waals surface area contributed by atoms with Crippen LogP contribution in [0.4, 0.5) is 16.2 Å². The first kappa shape index (κ1) is 16.6. The van der Waals surface area contributed by atoms with E-state index in [1.165, 1.54) is 12.8 Å². The molecule has 1 aromatic carbocycles. The van der Waals surface area contributed by atoms with Gasteiger partial charge in [0.15, 0.2) is 0 Å². The van der Waals surface area contributed by atoms with E-state index in [1.54, 1.807) is 4.90 Å². The third kappa shape index (κ3) is 4.35. The van der Waals surface area contributed by atoms with Gasteiger partial charge in [0.1, 0.15) is 0 Å². The van der Waals surface area contributed by atoms with Crippen molar-refractivity contribution in [2.75, 3.05) is 36.4 Å². The predicted molar refractivity (Wildman–Crippen MR) is 88.7 cm³/mol. The lowest BCUT2D eigenvalue weighted by Crippen LogP contribution is -2.30. The molecule has 1 aromatic rings. The van der Waals surface area contributed by atoms with Gasteiger partial charge in [-0.2, -0.15) is 0 Å². The SMILES string of the molecule is Cl.O=C(CNCC1CC1)Nc1cccc(N2CCNC2=O)c1. The zero-order chi connectivity index (χ0) is 14.7. The average molecular weight is 325 g/mol. The summed E-state index contributed by atoms with van der Waals surface area (Å²) in [6.45, 7) is 2.55. The smallest absolute Gasteiger partial charge is 0.321 e. The lowest BCUT2D eigenvalue weighted by molar-refractivity contribution is -0.115. The summed E-state index contributed by atoms with van der Waals surface area (Å²) in [4.78, 5) is 25.1. The van der Waals surface area contributed by atoms with Crippen molar-refractivity contribution < 1.29 is 9.59 Å². The molecule has 0 unspecified atom stereocenters. The minimum Gasteiger partial charge on any atom is -0.336 e. The van der Waals surface area contributed by atoms with Crippen molar-refractivity contribution in [2.45, 2.75) is 12.8 Å². The Bertz CT molecular complexity index is 548. The van der Waals surface area contributed by atoms with E-state index in [0.29, 0.717) is 25.3 Å². The molecule has 1 saturated heterocycles. The van der Waals surface area contributed by atoms with Gasteiger partial charge in [-0.1, -0.05) is 6.07 Å². The summed E-state index contributed by atoms with van der Waals surface area (Å²) in [5, 5.41) is 8.77. The van der Waals surface area contributed by atoms with Crippen molar-refractivity contribution in [1.82, 2.24) is 10.6 Å². The maximum absolute atomic E-state index is 11.8. The molecule has 0 bridgehead atoms. The summed E-state index contributed by atoms with van der Waals surface area (Å²) in [5.41, 5.74) is 1.51. The van der Waals surface area contributed by atoms with Crippen LogP contribution in [-0.4, -0.2) is 38.1 Å². The molecule has 0 radical (unpaired) electrons. The highest BCUT2D eigenvalue weighted by molar-refractivity contribution is 5.96. The normalized spacial score (nSPS) is 16.9. The summed E-state index contributed by atoms with van der Waals surface area (Å²) in [6.07, 6.45) is 2.54. The van der Waals surface area contributed by atoms with E-state index in [-0.39, 0.29) is 24.3 Å². The van der Waals surface area contributed by atoms with E-state index in [2.05, 4.69) is 16.0 Å². The van der Waals surface area contributed by atoms with Crippen LogP contribution in [0.25, 0.3) is 0 Å². The first-order valence-electron chi connectivity index (χ1n) is 7.38. The summed E-state index contributed by atoms with van der Waals surface area (Å²) < 4.78 is 0. The Morgan fingerprint density at radius 3 is 2.86 bits per heavy atom. The molecule has 3 N–H and O–H groups in total. The van der Waals surface area contributed by atoms with Crippen LogP contribution in [0.1, 0.15) is 12.8 Å². The highest BCUT2D eigenvalue weighted by Crippen LogP contribution is 2.27. The fourth-order valence-electron chi connectivity index (χ4n) is 2.39. The fraction of sp³-hybridized carbons (Fsp3) is 0.467.